The Morgan fingerprint density at radius 1 is 1.12 bits per heavy atom. The number of carbonyl (C=O) groups excluding carboxylic acids is 1. The van der Waals surface area contributed by atoms with Crippen molar-refractivity contribution in [1.29, 1.82) is 0 Å². The number of ether oxygens (including phenoxy) is 1. The van der Waals surface area contributed by atoms with Crippen molar-refractivity contribution >= 4 is 22.3 Å². The van der Waals surface area contributed by atoms with Crippen molar-refractivity contribution in [1.82, 2.24) is 0 Å². The van der Waals surface area contributed by atoms with Gasteiger partial charge in [-0.1, -0.05) is 70.0 Å². The van der Waals surface area contributed by atoms with Crippen molar-refractivity contribution in [3.8, 4) is 0 Å². The molecule has 138 valence electrons. The van der Waals surface area contributed by atoms with Gasteiger partial charge in [0.2, 0.25) is 0 Å². The van der Waals surface area contributed by atoms with E-state index in [2.05, 4.69) is 63.2 Å². The summed E-state index contributed by atoms with van der Waals surface area (Å²) in [7, 11) is 0. The fraction of sp³-hybridized carbons (Fsp3) is 0.458. The molecule has 2 nitrogen and oxygen atoms in total. The SMILES string of the molecule is CCCCCC(=O)OC1C=C(CCC(C)C)c2cccc3cccc1c23. The Morgan fingerprint density at radius 2 is 1.88 bits per heavy atom. The molecule has 1 aliphatic carbocycles. The van der Waals surface area contributed by atoms with E-state index >= 15 is 0 Å². The van der Waals surface area contributed by atoms with E-state index in [9.17, 15) is 4.79 Å². The Balaban J connectivity index is 1.91. The largest absolute Gasteiger partial charge is 0.453 e. The number of rotatable bonds is 8. The maximum absolute atomic E-state index is 12.3. The molecule has 0 N–H and O–H groups in total. The van der Waals surface area contributed by atoms with Gasteiger partial charge in [-0.15, -0.1) is 0 Å². The standard InChI is InChI=1S/C24H30O2/c1-4-5-6-13-23(25)26-22-16-19(15-14-17(2)3)20-11-7-9-18-10-8-12-21(22)24(18)20/h7-12,16-17,22H,4-6,13-15H2,1-3H3. The van der Waals surface area contributed by atoms with Crippen molar-refractivity contribution in [2.45, 2.75) is 65.4 Å². The first-order chi connectivity index (χ1) is 12.6. The first-order valence-corrected chi connectivity index (χ1v) is 10.0. The number of esters is 1. The van der Waals surface area contributed by atoms with E-state index in [1.54, 1.807) is 0 Å². The van der Waals surface area contributed by atoms with Gasteiger partial charge in [-0.05, 0) is 53.2 Å². The van der Waals surface area contributed by atoms with Gasteiger partial charge >= 0.3 is 5.97 Å². The van der Waals surface area contributed by atoms with Gasteiger partial charge in [-0.2, -0.15) is 0 Å². The molecule has 0 saturated carbocycles. The molecule has 1 atom stereocenters. The average Bonchev–Trinajstić information content (AvgIpc) is 2.63. The number of unbranched alkanes of at least 4 members (excludes halogenated alkanes) is 2. The number of allylic oxidation sites excluding steroid dienone is 1. The van der Waals surface area contributed by atoms with Gasteiger partial charge in [-0.3, -0.25) is 4.79 Å². The van der Waals surface area contributed by atoms with Crippen LogP contribution in [0.3, 0.4) is 0 Å². The summed E-state index contributed by atoms with van der Waals surface area (Å²) in [5.74, 6) is 0.571. The third kappa shape index (κ3) is 4.17. The number of benzene rings is 2. The van der Waals surface area contributed by atoms with E-state index in [-0.39, 0.29) is 12.1 Å². The van der Waals surface area contributed by atoms with Crippen LogP contribution in [0.5, 0.6) is 0 Å². The number of hydrogen-bond acceptors (Lipinski definition) is 2. The lowest BCUT2D eigenvalue weighted by Gasteiger charge is -2.26. The highest BCUT2D eigenvalue weighted by molar-refractivity contribution is 5.98. The zero-order chi connectivity index (χ0) is 18.5. The van der Waals surface area contributed by atoms with Crippen LogP contribution in [0.2, 0.25) is 0 Å². The van der Waals surface area contributed by atoms with Gasteiger partial charge < -0.3 is 4.74 Å². The summed E-state index contributed by atoms with van der Waals surface area (Å²) in [4.78, 5) is 12.3. The Labute approximate surface area is 157 Å². The molecule has 1 aliphatic rings. The molecule has 0 aliphatic heterocycles. The van der Waals surface area contributed by atoms with E-state index in [1.165, 1.54) is 21.9 Å². The first kappa shape index (κ1) is 18.7. The third-order valence-corrected chi connectivity index (χ3v) is 5.18. The highest BCUT2D eigenvalue weighted by Crippen LogP contribution is 2.41. The number of carbonyl (C=O) groups is 1. The predicted octanol–water partition coefficient (Wildman–Crippen LogP) is 6.84. The van der Waals surface area contributed by atoms with Gasteiger partial charge in [0.1, 0.15) is 6.10 Å². The van der Waals surface area contributed by atoms with Gasteiger partial charge in [0.15, 0.2) is 0 Å². The summed E-state index contributed by atoms with van der Waals surface area (Å²) >= 11 is 0. The minimum Gasteiger partial charge on any atom is -0.453 e. The molecular formula is C24H30O2. The molecule has 1 unspecified atom stereocenters. The van der Waals surface area contributed by atoms with Crippen LogP contribution in [0.15, 0.2) is 42.5 Å². The smallest absolute Gasteiger partial charge is 0.306 e. The van der Waals surface area contributed by atoms with E-state index in [4.69, 9.17) is 4.74 Å². The molecular weight excluding hydrogens is 320 g/mol. The van der Waals surface area contributed by atoms with Crippen LogP contribution in [-0.2, 0) is 9.53 Å². The second-order valence-corrected chi connectivity index (χ2v) is 7.74. The molecule has 26 heavy (non-hydrogen) atoms. The van der Waals surface area contributed by atoms with Crippen LogP contribution in [0.4, 0.5) is 0 Å². The van der Waals surface area contributed by atoms with Crippen molar-refractivity contribution in [3.05, 3.63) is 53.6 Å². The molecule has 0 bridgehead atoms. The van der Waals surface area contributed by atoms with Crippen molar-refractivity contribution < 1.29 is 9.53 Å². The van der Waals surface area contributed by atoms with Crippen LogP contribution in [0, 0.1) is 5.92 Å². The maximum Gasteiger partial charge on any atom is 0.306 e. The predicted molar refractivity (Wildman–Crippen MR) is 109 cm³/mol. The molecule has 2 aromatic carbocycles. The highest BCUT2D eigenvalue weighted by atomic mass is 16.5. The normalized spacial score (nSPS) is 16.0. The Hall–Kier alpha value is -2.09. The van der Waals surface area contributed by atoms with Gasteiger partial charge in [-0.25, -0.2) is 0 Å². The average molecular weight is 351 g/mol. The van der Waals surface area contributed by atoms with Crippen molar-refractivity contribution in [3.63, 3.8) is 0 Å². The summed E-state index contributed by atoms with van der Waals surface area (Å²) in [5.41, 5.74) is 3.74. The molecule has 0 radical (unpaired) electrons. The minimum absolute atomic E-state index is 0.0840. The molecule has 0 saturated heterocycles. The van der Waals surface area contributed by atoms with E-state index < -0.39 is 0 Å². The lowest BCUT2D eigenvalue weighted by atomic mass is 9.84. The fourth-order valence-electron chi connectivity index (χ4n) is 3.72. The highest BCUT2D eigenvalue weighted by Gasteiger charge is 2.24. The van der Waals surface area contributed by atoms with Gasteiger partial charge in [0.25, 0.3) is 0 Å². The molecule has 0 amide bonds. The lowest BCUT2D eigenvalue weighted by molar-refractivity contribution is -0.147. The quantitative estimate of drug-likeness (QED) is 0.385. The summed E-state index contributed by atoms with van der Waals surface area (Å²) in [5, 5.41) is 2.48. The van der Waals surface area contributed by atoms with Crippen LogP contribution >= 0.6 is 0 Å². The lowest BCUT2D eigenvalue weighted by Crippen LogP contribution is -2.13. The van der Waals surface area contributed by atoms with E-state index in [0.717, 1.165) is 37.7 Å². The summed E-state index contributed by atoms with van der Waals surface area (Å²) in [6.07, 6.45) is 7.69. The molecule has 0 heterocycles. The Morgan fingerprint density at radius 3 is 2.62 bits per heavy atom. The summed E-state index contributed by atoms with van der Waals surface area (Å²) in [6.45, 7) is 6.65. The van der Waals surface area contributed by atoms with Gasteiger partial charge in [0, 0.05) is 12.0 Å². The first-order valence-electron chi connectivity index (χ1n) is 10.0. The molecule has 2 heteroatoms. The topological polar surface area (TPSA) is 26.3 Å². The zero-order valence-corrected chi connectivity index (χ0v) is 16.3. The monoisotopic (exact) mass is 350 g/mol. The van der Waals surface area contributed by atoms with Crippen LogP contribution < -0.4 is 0 Å². The van der Waals surface area contributed by atoms with Gasteiger partial charge in [0.05, 0.1) is 0 Å². The van der Waals surface area contributed by atoms with Crippen LogP contribution in [-0.4, -0.2) is 5.97 Å². The molecule has 0 aromatic heterocycles. The fourth-order valence-corrected chi connectivity index (χ4v) is 3.72. The Kier molecular flexibility index (Phi) is 6.13. The zero-order valence-electron chi connectivity index (χ0n) is 16.3. The summed E-state index contributed by atoms with van der Waals surface area (Å²) < 4.78 is 5.91. The van der Waals surface area contributed by atoms with Crippen molar-refractivity contribution in [2.24, 2.45) is 5.92 Å². The molecule has 2 aromatic rings. The molecule has 0 spiro atoms. The van der Waals surface area contributed by atoms with E-state index in [0.29, 0.717) is 12.3 Å². The number of hydrogen-bond donors (Lipinski definition) is 0. The summed E-state index contributed by atoms with van der Waals surface area (Å²) in [6, 6.07) is 12.8. The third-order valence-electron chi connectivity index (χ3n) is 5.18. The maximum atomic E-state index is 12.3. The van der Waals surface area contributed by atoms with Crippen LogP contribution in [0.25, 0.3) is 16.3 Å². The minimum atomic E-state index is -0.259. The van der Waals surface area contributed by atoms with Crippen molar-refractivity contribution in [2.75, 3.05) is 0 Å². The molecule has 3 rings (SSSR count). The second-order valence-electron chi connectivity index (χ2n) is 7.74. The van der Waals surface area contributed by atoms with E-state index in [1.807, 2.05) is 0 Å². The second kappa shape index (κ2) is 8.53. The molecule has 0 fully saturated rings. The Bertz CT molecular complexity index is 796. The van der Waals surface area contributed by atoms with Crippen LogP contribution in [0.1, 0.15) is 76.5 Å².